The van der Waals surface area contributed by atoms with Crippen molar-refractivity contribution in [1.82, 2.24) is 0 Å². The highest BCUT2D eigenvalue weighted by atomic mass is 16.5. The van der Waals surface area contributed by atoms with E-state index in [1.807, 2.05) is 12.1 Å². The molecule has 0 radical (unpaired) electrons. The van der Waals surface area contributed by atoms with Crippen molar-refractivity contribution in [1.29, 1.82) is 0 Å². The molecule has 0 atom stereocenters. The summed E-state index contributed by atoms with van der Waals surface area (Å²) in [6, 6.07) is 62.5. The van der Waals surface area contributed by atoms with Crippen molar-refractivity contribution in [3.63, 3.8) is 0 Å². The summed E-state index contributed by atoms with van der Waals surface area (Å²) in [6.07, 6.45) is 0. The van der Waals surface area contributed by atoms with Crippen molar-refractivity contribution in [3.05, 3.63) is 209 Å². The van der Waals surface area contributed by atoms with Crippen molar-refractivity contribution >= 4 is 17.1 Å². The van der Waals surface area contributed by atoms with Gasteiger partial charge in [-0.25, -0.2) is 0 Å². The van der Waals surface area contributed by atoms with Crippen LogP contribution in [0.15, 0.2) is 176 Å². The Bertz CT molecular complexity index is 2880. The quantitative estimate of drug-likeness (QED) is 0.174. The van der Waals surface area contributed by atoms with Crippen LogP contribution in [0.4, 0.5) is 17.1 Å². The molecule has 298 valence electrons. The van der Waals surface area contributed by atoms with Gasteiger partial charge in [0.15, 0.2) is 5.75 Å². The van der Waals surface area contributed by atoms with E-state index in [2.05, 4.69) is 210 Å². The second-order valence-electron chi connectivity index (χ2n) is 18.1. The van der Waals surface area contributed by atoms with Gasteiger partial charge in [-0.3, -0.25) is 0 Å². The zero-order valence-corrected chi connectivity index (χ0v) is 35.4. The van der Waals surface area contributed by atoms with Crippen molar-refractivity contribution < 1.29 is 14.2 Å². The number of fused-ring (bicyclic) bond motifs is 6. The summed E-state index contributed by atoms with van der Waals surface area (Å²) in [5, 5.41) is 0. The molecule has 0 saturated heterocycles. The van der Waals surface area contributed by atoms with Crippen LogP contribution in [0.25, 0.3) is 22.3 Å². The average Bonchev–Trinajstić information content (AvgIpc) is 3.27. The highest BCUT2D eigenvalue weighted by Crippen LogP contribution is 2.56. The average molecular weight is 794 g/mol. The lowest BCUT2D eigenvalue weighted by Gasteiger charge is -2.37. The molecule has 3 aliphatic heterocycles. The molecule has 0 bridgehead atoms. The number of ether oxygens (including phenoxy) is 3. The van der Waals surface area contributed by atoms with Crippen LogP contribution < -0.4 is 19.1 Å². The van der Waals surface area contributed by atoms with E-state index >= 15 is 0 Å². The Morgan fingerprint density at radius 3 is 1.05 bits per heavy atom. The molecule has 0 aliphatic carbocycles. The van der Waals surface area contributed by atoms with Crippen molar-refractivity contribution in [2.45, 2.75) is 57.8 Å². The predicted octanol–water partition coefficient (Wildman–Crippen LogP) is 15.8. The molecule has 0 unspecified atom stereocenters. The third-order valence-corrected chi connectivity index (χ3v) is 13.5. The first-order valence-corrected chi connectivity index (χ1v) is 21.3. The highest BCUT2D eigenvalue weighted by molar-refractivity contribution is 5.86. The largest absolute Gasteiger partial charge is 0.456 e. The van der Waals surface area contributed by atoms with Crippen LogP contribution in [-0.4, -0.2) is 0 Å². The van der Waals surface area contributed by atoms with Gasteiger partial charge in [-0.05, 0) is 59.7 Å². The first-order valence-electron chi connectivity index (χ1n) is 21.3. The summed E-state index contributed by atoms with van der Waals surface area (Å²) in [4.78, 5) is 2.32. The van der Waals surface area contributed by atoms with Crippen LogP contribution in [0, 0.1) is 0 Å². The minimum atomic E-state index is -0.267. The number of hydrogen-bond donors (Lipinski definition) is 0. The van der Waals surface area contributed by atoms with Gasteiger partial charge in [0, 0.05) is 72.1 Å². The first kappa shape index (κ1) is 37.0. The van der Waals surface area contributed by atoms with Crippen molar-refractivity contribution in [3.8, 4) is 56.8 Å². The first-order chi connectivity index (χ1) is 29.5. The van der Waals surface area contributed by atoms with Crippen LogP contribution in [0.1, 0.15) is 74.9 Å². The SMILES string of the molecule is CC1(C)c2ccccc2Oc2c(-c3ccc(N(c4ccc(-c5cccc6c5Oc5ccccc5C6(C)C)cc4)c4cccc5c4Oc4ccccc4C5(C)C)cc3)cccc21. The van der Waals surface area contributed by atoms with Gasteiger partial charge in [-0.2, -0.15) is 0 Å². The number of nitrogens with zero attached hydrogens (tertiary/aromatic N) is 1. The van der Waals surface area contributed by atoms with E-state index in [-0.39, 0.29) is 16.2 Å². The summed E-state index contributed by atoms with van der Waals surface area (Å²) in [6.45, 7) is 13.7. The topological polar surface area (TPSA) is 30.9 Å². The summed E-state index contributed by atoms with van der Waals surface area (Å²) in [7, 11) is 0. The van der Waals surface area contributed by atoms with Crippen LogP contribution >= 0.6 is 0 Å². The lowest BCUT2D eigenvalue weighted by molar-refractivity contribution is 0.419. The molecule has 0 saturated carbocycles. The van der Waals surface area contributed by atoms with Gasteiger partial charge in [-0.15, -0.1) is 0 Å². The van der Waals surface area contributed by atoms with E-state index in [1.165, 1.54) is 27.8 Å². The third-order valence-electron chi connectivity index (χ3n) is 13.5. The molecule has 4 nitrogen and oxygen atoms in total. The van der Waals surface area contributed by atoms with E-state index in [0.717, 1.165) is 79.4 Å². The molecule has 61 heavy (non-hydrogen) atoms. The smallest absolute Gasteiger partial charge is 0.155 e. The van der Waals surface area contributed by atoms with Gasteiger partial charge in [0.05, 0.1) is 5.69 Å². The molecular formula is C57H47NO3. The molecule has 3 aliphatic rings. The Morgan fingerprint density at radius 2 is 0.639 bits per heavy atom. The molecular weight excluding hydrogens is 747 g/mol. The molecule has 0 aromatic heterocycles. The van der Waals surface area contributed by atoms with E-state index in [4.69, 9.17) is 14.2 Å². The van der Waals surface area contributed by atoms with Gasteiger partial charge in [-0.1, -0.05) is 169 Å². The van der Waals surface area contributed by atoms with Gasteiger partial charge in [0.1, 0.15) is 28.7 Å². The van der Waals surface area contributed by atoms with Crippen LogP contribution in [0.5, 0.6) is 34.5 Å². The molecule has 0 N–H and O–H groups in total. The monoisotopic (exact) mass is 793 g/mol. The number of benzene rings is 8. The number of para-hydroxylation sites is 6. The summed E-state index contributed by atoms with van der Waals surface area (Å²) < 4.78 is 20.3. The lowest BCUT2D eigenvalue weighted by Crippen LogP contribution is -2.25. The fraction of sp³-hybridized carbons (Fsp3) is 0.158. The molecule has 8 aromatic rings. The fourth-order valence-corrected chi connectivity index (χ4v) is 10.0. The second-order valence-corrected chi connectivity index (χ2v) is 18.1. The maximum absolute atomic E-state index is 6.90. The Labute approximate surface area is 358 Å². The fourth-order valence-electron chi connectivity index (χ4n) is 10.0. The van der Waals surface area contributed by atoms with Crippen molar-refractivity contribution in [2.24, 2.45) is 0 Å². The zero-order chi connectivity index (χ0) is 41.7. The van der Waals surface area contributed by atoms with Gasteiger partial charge >= 0.3 is 0 Å². The Hall–Kier alpha value is -7.04. The molecule has 0 spiro atoms. The summed E-state index contributed by atoms with van der Waals surface area (Å²) >= 11 is 0. The van der Waals surface area contributed by atoms with E-state index in [9.17, 15) is 0 Å². The maximum atomic E-state index is 6.90. The molecule has 11 rings (SSSR count). The number of hydrogen-bond acceptors (Lipinski definition) is 4. The standard InChI is InChI=1S/C57H47NO3/c1-55(2)42-18-7-10-25-49(42)59-52-40(16-13-21-45(52)55)36-28-32-38(33-29-36)58(48-24-15-23-47-54(48)61-51-27-12-9-20-44(51)57(47,5)6)39-34-30-37(31-35-39)41-17-14-22-46-53(41)60-50-26-11-8-19-43(50)56(46,3)4/h7-35H,1-6H3. The molecule has 4 heteroatoms. The molecule has 0 amide bonds. The maximum Gasteiger partial charge on any atom is 0.155 e. The van der Waals surface area contributed by atoms with Crippen molar-refractivity contribution in [2.75, 3.05) is 4.90 Å². The Morgan fingerprint density at radius 1 is 0.311 bits per heavy atom. The number of rotatable bonds is 5. The predicted molar refractivity (Wildman–Crippen MR) is 248 cm³/mol. The van der Waals surface area contributed by atoms with E-state index in [1.54, 1.807) is 0 Å². The minimum absolute atomic E-state index is 0.201. The normalized spacial score (nSPS) is 15.5. The van der Waals surface area contributed by atoms with Crippen LogP contribution in [0.2, 0.25) is 0 Å². The summed E-state index contributed by atoms with van der Waals surface area (Å²) in [5.74, 6) is 5.39. The molecule has 3 heterocycles. The lowest BCUT2D eigenvalue weighted by atomic mass is 9.75. The van der Waals surface area contributed by atoms with Gasteiger partial charge in [0.2, 0.25) is 0 Å². The molecule has 0 fully saturated rings. The van der Waals surface area contributed by atoms with Gasteiger partial charge < -0.3 is 19.1 Å². The number of anilines is 3. The van der Waals surface area contributed by atoms with Gasteiger partial charge in [0.25, 0.3) is 0 Å². The highest BCUT2D eigenvalue weighted by Gasteiger charge is 2.38. The van der Waals surface area contributed by atoms with Crippen LogP contribution in [-0.2, 0) is 16.2 Å². The summed E-state index contributed by atoms with van der Waals surface area (Å²) in [5.41, 5.74) is 13.7. The molecule has 8 aromatic carbocycles. The zero-order valence-electron chi connectivity index (χ0n) is 35.4. The van der Waals surface area contributed by atoms with E-state index in [0.29, 0.717) is 0 Å². The second kappa shape index (κ2) is 13.5. The third kappa shape index (κ3) is 5.65. The Kier molecular flexibility index (Phi) is 8.18. The Balaban J connectivity index is 1.03. The minimum Gasteiger partial charge on any atom is -0.456 e. The van der Waals surface area contributed by atoms with Crippen LogP contribution in [0.3, 0.4) is 0 Å². The van der Waals surface area contributed by atoms with E-state index < -0.39 is 0 Å².